The van der Waals surface area contributed by atoms with E-state index in [0.717, 1.165) is 0 Å². The van der Waals surface area contributed by atoms with Gasteiger partial charge in [0, 0.05) is 141 Å². The van der Waals surface area contributed by atoms with Gasteiger partial charge in [0.2, 0.25) is 59.1 Å². The molecule has 2 heterocycles. The first-order valence-electron chi connectivity index (χ1n) is 30.3. The average Bonchev–Trinajstić information content (AvgIpc) is 3.31. The van der Waals surface area contributed by atoms with Crippen LogP contribution in [-0.4, -0.2) is 195 Å². The zero-order valence-corrected chi connectivity index (χ0v) is 52.0. The summed E-state index contributed by atoms with van der Waals surface area (Å²) in [5.41, 5.74) is 10.0. The van der Waals surface area contributed by atoms with E-state index in [2.05, 4.69) is 99.7 Å². The molecule has 28 nitrogen and oxygen atoms in total. The molecule has 0 aromatic heterocycles. The SMILES string of the molecule is NC(=O)[C@H](CS)NC(=O)CCCCCNC(=O)[C@H](Cc1ccc(O)cc1)NC(=O)CCCC(=O)NC12CNCCNCC(NC(=O)CCCC(=O)N[C@@H](Cc3ccc(O)cc3)C(=O)NCCCCCC(=O)N[C@@H](CS)C(N)=O)(CNCCNC1)NCCN2. The Hall–Kier alpha value is -6.80. The fraction of sp³-hybridized carbons (Fsp3) is 0.621. The Morgan fingerprint density at radius 2 is 0.727 bits per heavy atom. The summed E-state index contributed by atoms with van der Waals surface area (Å²) in [5, 5.41) is 63.2. The third-order valence-electron chi connectivity index (χ3n) is 14.6. The van der Waals surface area contributed by atoms with E-state index in [1.54, 1.807) is 24.3 Å². The van der Waals surface area contributed by atoms with Crippen LogP contribution in [0.3, 0.4) is 0 Å². The molecule has 0 saturated carbocycles. The molecule has 2 aliphatic heterocycles. The summed E-state index contributed by atoms with van der Waals surface area (Å²) in [5.74, 6) is -4.03. The number of rotatable bonds is 36. The number of nitrogens with one attached hydrogen (secondary N) is 14. The van der Waals surface area contributed by atoms with Gasteiger partial charge in [-0.05, 0) is 73.9 Å². The van der Waals surface area contributed by atoms with Crippen molar-refractivity contribution < 1.29 is 58.2 Å². The maximum Gasteiger partial charge on any atom is 0.242 e. The molecule has 4 atom stereocenters. The largest absolute Gasteiger partial charge is 0.508 e. The van der Waals surface area contributed by atoms with Gasteiger partial charge in [0.25, 0.3) is 0 Å². The lowest BCUT2D eigenvalue weighted by Gasteiger charge is -2.41. The van der Waals surface area contributed by atoms with Crippen molar-refractivity contribution in [1.29, 1.82) is 0 Å². The van der Waals surface area contributed by atoms with Crippen molar-refractivity contribution >= 4 is 84.3 Å². The Kier molecular flexibility index (Phi) is 34.1. The molecule has 2 aromatic carbocycles. The number of fused-ring (bicyclic) bond motifs is 5. The van der Waals surface area contributed by atoms with E-state index in [4.69, 9.17) is 11.5 Å². The summed E-state index contributed by atoms with van der Waals surface area (Å²) in [6.45, 7) is 4.68. The van der Waals surface area contributed by atoms with E-state index in [1.165, 1.54) is 24.3 Å². The minimum Gasteiger partial charge on any atom is -0.508 e. The molecule has 0 aliphatic carbocycles. The van der Waals surface area contributed by atoms with Gasteiger partial charge < -0.3 is 85.5 Å². The number of aromatic hydroxyl groups is 2. The minimum atomic E-state index is -0.969. The van der Waals surface area contributed by atoms with Gasteiger partial charge in [0.15, 0.2) is 0 Å². The highest BCUT2D eigenvalue weighted by molar-refractivity contribution is 7.80. The Bertz CT molecular complexity index is 2370. The zero-order valence-electron chi connectivity index (χ0n) is 50.2. The molecule has 0 unspecified atom stereocenters. The average molecular weight is 1270 g/mol. The first kappa shape index (κ1) is 73.7. The van der Waals surface area contributed by atoms with Gasteiger partial charge in [-0.15, -0.1) is 0 Å². The van der Waals surface area contributed by atoms with Crippen LogP contribution in [0.1, 0.15) is 101 Å². The number of carbonyl (C=O) groups is 10. The van der Waals surface area contributed by atoms with Crippen LogP contribution in [0.15, 0.2) is 48.5 Å². The molecular formula is C58H94N16O12S2. The van der Waals surface area contributed by atoms with E-state index in [9.17, 15) is 58.2 Å². The maximum absolute atomic E-state index is 13.8. The summed E-state index contributed by atoms with van der Waals surface area (Å²) in [7, 11) is 0. The molecule has 10 amide bonds. The molecule has 0 radical (unpaired) electrons. The molecule has 2 aliphatic rings. The lowest BCUT2D eigenvalue weighted by Crippen LogP contribution is -2.73. The number of hydrogen-bond acceptors (Lipinski definition) is 20. The van der Waals surface area contributed by atoms with Crippen molar-refractivity contribution in [3.8, 4) is 11.5 Å². The highest BCUT2D eigenvalue weighted by Crippen LogP contribution is 2.15. The highest BCUT2D eigenvalue weighted by atomic mass is 32.1. The van der Waals surface area contributed by atoms with E-state index in [-0.39, 0.29) is 124 Å². The summed E-state index contributed by atoms with van der Waals surface area (Å²) < 4.78 is 0. The number of carbonyl (C=O) groups excluding carboxylic acids is 10. The van der Waals surface area contributed by atoms with E-state index in [0.29, 0.717) is 115 Å². The molecular weight excluding hydrogens is 1180 g/mol. The quantitative estimate of drug-likeness (QED) is 0.0233. The predicted octanol–water partition coefficient (Wildman–Crippen LogP) is -3.46. The van der Waals surface area contributed by atoms with Gasteiger partial charge in [0.05, 0.1) is 0 Å². The van der Waals surface area contributed by atoms with Crippen LogP contribution < -0.4 is 85.9 Å². The van der Waals surface area contributed by atoms with Crippen molar-refractivity contribution in [2.75, 3.05) is 90.0 Å². The number of hydrogen-bond donors (Lipinski definition) is 20. The highest BCUT2D eigenvalue weighted by Gasteiger charge is 2.35. The smallest absolute Gasteiger partial charge is 0.242 e. The van der Waals surface area contributed by atoms with Crippen molar-refractivity contribution in [3.63, 3.8) is 0 Å². The van der Waals surface area contributed by atoms with Gasteiger partial charge >= 0.3 is 0 Å². The van der Waals surface area contributed by atoms with Gasteiger partial charge in [0.1, 0.15) is 47.0 Å². The lowest BCUT2D eigenvalue weighted by atomic mass is 10.0. The number of benzene rings is 2. The second-order valence-corrected chi connectivity index (χ2v) is 22.9. The predicted molar refractivity (Wildman–Crippen MR) is 337 cm³/mol. The van der Waals surface area contributed by atoms with Crippen molar-refractivity contribution in [2.45, 2.75) is 138 Å². The molecule has 20 N–H and O–H groups in total. The van der Waals surface area contributed by atoms with Crippen molar-refractivity contribution in [1.82, 2.24) is 74.4 Å². The van der Waals surface area contributed by atoms with Crippen LogP contribution >= 0.6 is 25.3 Å². The van der Waals surface area contributed by atoms with Crippen LogP contribution in [0.25, 0.3) is 0 Å². The number of amides is 10. The lowest BCUT2D eigenvalue weighted by molar-refractivity contribution is -0.129. The monoisotopic (exact) mass is 1270 g/mol. The molecule has 2 fully saturated rings. The van der Waals surface area contributed by atoms with Crippen LogP contribution in [0.2, 0.25) is 0 Å². The normalized spacial score (nSPS) is 18.6. The van der Waals surface area contributed by atoms with E-state index in [1.807, 2.05) is 0 Å². The molecule has 88 heavy (non-hydrogen) atoms. The topological polar surface area (TPSA) is 432 Å². The Balaban J connectivity index is 1.26. The van der Waals surface area contributed by atoms with Gasteiger partial charge in [-0.3, -0.25) is 58.6 Å². The maximum atomic E-state index is 13.8. The van der Waals surface area contributed by atoms with E-state index >= 15 is 0 Å². The number of primary amides is 2. The standard InChI is InChI=1S/C58H94N16O12S2/c59-53(83)45(33-87)71-47(77)9-3-1-5-23-65-55(85)43(31-39-15-19-41(75)20-16-39)69-49(79)11-7-13-51(81)73-57-35-61-25-27-63-37-58(68-30-29-67-57,38-64-28-26-62-36-57)74-52(82)14-8-12-50(80)70-44(32-40-17-21-42(76)22-18-40)56(86)66-24-6-2-4-10-48(78)72-46(34-88)54(60)84/h15-22,43-46,61-64,67-68,75-76,87-88H,1-14,23-38H2,(H2,59,83)(H2,60,84)(H,65,85)(H,66,86)(H,69,79)(H,70,80)(H,71,77)(H,72,78)(H,73,81)(H,74,82)/t43-,44-,45-,46-,57?,58?/m0/s1. The summed E-state index contributed by atoms with van der Waals surface area (Å²) in [6.07, 6.45) is 4.20. The van der Waals surface area contributed by atoms with Gasteiger partial charge in [-0.1, -0.05) is 37.1 Å². The number of thiol groups is 2. The second-order valence-electron chi connectivity index (χ2n) is 22.1. The van der Waals surface area contributed by atoms with Crippen LogP contribution in [-0.2, 0) is 60.8 Å². The van der Waals surface area contributed by atoms with Crippen LogP contribution in [0.4, 0.5) is 0 Å². The Labute approximate surface area is 525 Å². The Morgan fingerprint density at radius 3 is 1.05 bits per heavy atom. The Morgan fingerprint density at radius 1 is 0.420 bits per heavy atom. The van der Waals surface area contributed by atoms with Crippen LogP contribution in [0, 0.1) is 0 Å². The number of unbranched alkanes of at least 4 members (excludes halogenated alkanes) is 4. The molecule has 0 spiro atoms. The molecule has 2 aromatic rings. The molecule has 490 valence electrons. The molecule has 2 bridgehead atoms. The zero-order chi connectivity index (χ0) is 64.2. The third-order valence-corrected chi connectivity index (χ3v) is 15.4. The minimum absolute atomic E-state index is 0.00180. The number of phenols is 2. The number of nitrogens with two attached hydrogens (primary N) is 2. The second kappa shape index (κ2) is 40.7. The summed E-state index contributed by atoms with van der Waals surface area (Å²) >= 11 is 8.07. The van der Waals surface area contributed by atoms with Crippen molar-refractivity contribution in [2.24, 2.45) is 11.5 Å². The molecule has 2 saturated heterocycles. The van der Waals surface area contributed by atoms with Crippen molar-refractivity contribution in [3.05, 3.63) is 59.7 Å². The first-order chi connectivity index (χ1) is 42.2. The molecule has 30 heteroatoms. The fourth-order valence-electron chi connectivity index (χ4n) is 9.76. The van der Waals surface area contributed by atoms with Gasteiger partial charge in [-0.25, -0.2) is 0 Å². The number of phenolic OH excluding ortho intramolecular Hbond substituents is 2. The fourth-order valence-corrected chi connectivity index (χ4v) is 10.3. The molecule has 4 rings (SSSR count). The van der Waals surface area contributed by atoms with Crippen LogP contribution in [0.5, 0.6) is 11.5 Å². The van der Waals surface area contributed by atoms with Gasteiger partial charge in [-0.2, -0.15) is 25.3 Å². The third kappa shape index (κ3) is 29.5. The summed E-state index contributed by atoms with van der Waals surface area (Å²) in [4.78, 5) is 128. The van der Waals surface area contributed by atoms with E-state index < -0.39 is 70.9 Å². The first-order valence-corrected chi connectivity index (χ1v) is 31.5. The summed E-state index contributed by atoms with van der Waals surface area (Å²) in [6, 6.07) is 8.97.